The number of nitrogens with one attached hydrogen (secondary N) is 1. The van der Waals surface area contributed by atoms with Crippen molar-refractivity contribution in [3.8, 4) is 0 Å². The van der Waals surface area contributed by atoms with Gasteiger partial charge in [0.15, 0.2) is 5.76 Å². The van der Waals surface area contributed by atoms with Gasteiger partial charge in [-0.2, -0.15) is 0 Å². The summed E-state index contributed by atoms with van der Waals surface area (Å²) < 4.78 is 19.3. The van der Waals surface area contributed by atoms with Crippen LogP contribution in [0.5, 0.6) is 0 Å². The van der Waals surface area contributed by atoms with E-state index < -0.39 is 11.9 Å². The first-order chi connectivity index (χ1) is 14.4. The highest BCUT2D eigenvalue weighted by Crippen LogP contribution is 2.22. The van der Waals surface area contributed by atoms with Gasteiger partial charge in [0, 0.05) is 24.7 Å². The molecule has 8 nitrogen and oxygen atoms in total. The van der Waals surface area contributed by atoms with E-state index in [9.17, 15) is 14.0 Å². The molecule has 2 aromatic rings. The van der Waals surface area contributed by atoms with E-state index in [1.54, 1.807) is 54.2 Å². The van der Waals surface area contributed by atoms with Crippen LogP contribution in [0.4, 0.5) is 4.39 Å². The average molecular weight is 419 g/mol. The minimum atomic E-state index is -0.700. The number of hydrogen-bond acceptors (Lipinski definition) is 5. The zero-order valence-corrected chi connectivity index (χ0v) is 17.0. The van der Waals surface area contributed by atoms with E-state index in [1.165, 1.54) is 12.3 Å². The summed E-state index contributed by atoms with van der Waals surface area (Å²) in [6.45, 7) is 0.827. The van der Waals surface area contributed by atoms with E-state index in [4.69, 9.17) is 14.3 Å². The normalized spacial score (nSPS) is 15.1. The Morgan fingerprint density at radius 1 is 1.23 bits per heavy atom. The second-order valence-corrected chi connectivity index (χ2v) is 7.05. The van der Waals surface area contributed by atoms with Gasteiger partial charge >= 0.3 is 0 Å². The molecule has 1 aromatic carbocycles. The molecule has 1 fully saturated rings. The first kappa shape index (κ1) is 23.1. The van der Waals surface area contributed by atoms with Crippen molar-refractivity contribution >= 4 is 18.3 Å². The molecule has 1 saturated heterocycles. The van der Waals surface area contributed by atoms with Crippen LogP contribution in [0.15, 0.2) is 47.1 Å². The van der Waals surface area contributed by atoms with Gasteiger partial charge in [0.2, 0.25) is 5.91 Å². The van der Waals surface area contributed by atoms with Gasteiger partial charge in [-0.15, -0.1) is 0 Å². The maximum Gasteiger partial charge on any atom is 0.290 e. The lowest BCUT2D eigenvalue weighted by Crippen LogP contribution is -2.49. The van der Waals surface area contributed by atoms with Gasteiger partial charge in [0.05, 0.1) is 6.26 Å². The number of likely N-dealkylation sites (tertiary alicyclic amines) is 1. The predicted molar refractivity (Wildman–Crippen MR) is 107 cm³/mol. The van der Waals surface area contributed by atoms with Crippen molar-refractivity contribution in [2.24, 2.45) is 0 Å². The highest BCUT2D eigenvalue weighted by atomic mass is 19.1. The Balaban J connectivity index is 0.00000101. The van der Waals surface area contributed by atoms with Crippen molar-refractivity contribution in [1.29, 1.82) is 0 Å². The van der Waals surface area contributed by atoms with Gasteiger partial charge in [-0.05, 0) is 45.1 Å². The number of carbonyl (C=O) groups is 3. The Hall–Kier alpha value is -3.20. The smallest absolute Gasteiger partial charge is 0.290 e. The molecular weight excluding hydrogens is 393 g/mol. The topological polar surface area (TPSA) is 103 Å². The fourth-order valence-corrected chi connectivity index (χ4v) is 3.41. The zero-order valence-electron chi connectivity index (χ0n) is 17.0. The third-order valence-corrected chi connectivity index (χ3v) is 4.83. The van der Waals surface area contributed by atoms with Crippen molar-refractivity contribution in [1.82, 2.24) is 15.1 Å². The Morgan fingerprint density at radius 3 is 2.40 bits per heavy atom. The fraction of sp³-hybridized carbons (Fsp3) is 0.381. The van der Waals surface area contributed by atoms with Crippen LogP contribution in [0.3, 0.4) is 0 Å². The molecule has 9 heteroatoms. The highest BCUT2D eigenvalue weighted by molar-refractivity contribution is 5.91. The van der Waals surface area contributed by atoms with Gasteiger partial charge < -0.3 is 19.7 Å². The summed E-state index contributed by atoms with van der Waals surface area (Å²) in [6, 6.07) is 8.90. The highest BCUT2D eigenvalue weighted by Gasteiger charge is 2.30. The Morgan fingerprint density at radius 2 is 1.87 bits per heavy atom. The van der Waals surface area contributed by atoms with Gasteiger partial charge in [0.25, 0.3) is 12.4 Å². The number of halogens is 1. The number of hydrogen-bond donors (Lipinski definition) is 2. The number of carbonyl (C=O) groups excluding carboxylic acids is 2. The van der Waals surface area contributed by atoms with Crippen LogP contribution in [0, 0.1) is 5.82 Å². The molecule has 0 spiro atoms. The summed E-state index contributed by atoms with van der Waals surface area (Å²) in [5, 5.41) is 9.90. The minimum Gasteiger partial charge on any atom is -0.483 e. The van der Waals surface area contributed by atoms with Crippen LogP contribution in [0.25, 0.3) is 0 Å². The van der Waals surface area contributed by atoms with E-state index in [-0.39, 0.29) is 24.3 Å². The Kier molecular flexibility index (Phi) is 8.54. The van der Waals surface area contributed by atoms with Crippen molar-refractivity contribution in [2.45, 2.75) is 24.9 Å². The zero-order chi connectivity index (χ0) is 22.1. The van der Waals surface area contributed by atoms with E-state index >= 15 is 0 Å². The molecule has 3 rings (SSSR count). The van der Waals surface area contributed by atoms with Crippen molar-refractivity contribution in [3.05, 3.63) is 59.8 Å². The van der Waals surface area contributed by atoms with E-state index in [0.717, 1.165) is 0 Å². The molecule has 1 aliphatic heterocycles. The van der Waals surface area contributed by atoms with E-state index in [2.05, 4.69) is 5.32 Å². The summed E-state index contributed by atoms with van der Waals surface area (Å²) in [7, 11) is 3.50. The maximum atomic E-state index is 14.2. The van der Waals surface area contributed by atoms with Crippen molar-refractivity contribution in [2.75, 3.05) is 27.2 Å². The number of nitrogens with zero attached hydrogens (tertiary/aromatic N) is 2. The van der Waals surface area contributed by atoms with Gasteiger partial charge in [-0.25, -0.2) is 4.39 Å². The molecule has 2 heterocycles. The number of carboxylic acid groups (broad SMARTS) is 1. The molecule has 30 heavy (non-hydrogen) atoms. The van der Waals surface area contributed by atoms with Gasteiger partial charge in [-0.1, -0.05) is 18.2 Å². The van der Waals surface area contributed by atoms with Crippen LogP contribution >= 0.6 is 0 Å². The lowest BCUT2D eigenvalue weighted by molar-refractivity contribution is -0.127. The monoisotopic (exact) mass is 419 g/mol. The molecule has 0 aliphatic carbocycles. The number of piperidine rings is 1. The maximum absolute atomic E-state index is 14.2. The van der Waals surface area contributed by atoms with Crippen LogP contribution < -0.4 is 5.32 Å². The fourth-order valence-electron chi connectivity index (χ4n) is 3.41. The molecule has 1 unspecified atom stereocenters. The van der Waals surface area contributed by atoms with Crippen LogP contribution in [-0.4, -0.2) is 66.4 Å². The molecule has 0 radical (unpaired) electrons. The molecule has 0 bridgehead atoms. The molecule has 162 valence electrons. The predicted octanol–water partition coefficient (Wildman–Crippen LogP) is 2.14. The number of rotatable bonds is 5. The summed E-state index contributed by atoms with van der Waals surface area (Å²) in [5.74, 6) is -0.446. The molecule has 1 aromatic heterocycles. The first-order valence-corrected chi connectivity index (χ1v) is 9.50. The Bertz CT molecular complexity index is 833. The molecule has 2 N–H and O–H groups in total. The summed E-state index contributed by atoms with van der Waals surface area (Å²) in [5.41, 5.74) is 0.352. The first-order valence-electron chi connectivity index (χ1n) is 9.50. The van der Waals surface area contributed by atoms with Crippen LogP contribution in [0.1, 0.15) is 35.0 Å². The van der Waals surface area contributed by atoms with Crippen LogP contribution in [-0.2, 0) is 9.59 Å². The summed E-state index contributed by atoms with van der Waals surface area (Å²) in [4.78, 5) is 36.9. The van der Waals surface area contributed by atoms with Gasteiger partial charge in [0.1, 0.15) is 11.9 Å². The number of furan rings is 1. The van der Waals surface area contributed by atoms with Gasteiger partial charge in [-0.3, -0.25) is 19.3 Å². The van der Waals surface area contributed by atoms with Crippen LogP contribution in [0.2, 0.25) is 0 Å². The summed E-state index contributed by atoms with van der Waals surface area (Å²) in [6.07, 6.45) is 2.77. The number of likely N-dealkylation sites (N-methyl/N-ethyl adjacent to an activating group) is 1. The molecule has 1 aliphatic rings. The molecule has 2 amide bonds. The van der Waals surface area contributed by atoms with E-state index in [1.807, 2.05) is 0 Å². The number of benzene rings is 1. The SMILES string of the molecule is CN(C)C(C(=O)NC1CCN(C(=O)c2ccco2)CC1)c1ccccc1F.O=CO. The van der Waals surface area contributed by atoms with E-state index in [0.29, 0.717) is 37.3 Å². The molecular formula is C21H26FN3O5. The standard InChI is InChI=1S/C20H24FN3O3.CH2O2/c1-23(2)18(15-6-3-4-7-16(15)21)19(25)22-14-9-11-24(12-10-14)20(26)17-8-5-13-27-17;2-1-3/h3-8,13-14,18H,9-12H2,1-2H3,(H,22,25);1H,(H,2,3). The quantitative estimate of drug-likeness (QED) is 0.720. The molecule has 1 atom stereocenters. The van der Waals surface area contributed by atoms with Crippen molar-refractivity contribution < 1.29 is 28.3 Å². The van der Waals surface area contributed by atoms with Crippen molar-refractivity contribution in [3.63, 3.8) is 0 Å². The molecule has 0 saturated carbocycles. The second kappa shape index (κ2) is 11.1. The minimum absolute atomic E-state index is 0.0487. The number of amides is 2. The third kappa shape index (κ3) is 5.90. The average Bonchev–Trinajstić information content (AvgIpc) is 3.25. The third-order valence-electron chi connectivity index (χ3n) is 4.83. The summed E-state index contributed by atoms with van der Waals surface area (Å²) >= 11 is 0. The Labute approximate surface area is 174 Å². The second-order valence-electron chi connectivity index (χ2n) is 7.05. The largest absolute Gasteiger partial charge is 0.483 e. The lowest BCUT2D eigenvalue weighted by atomic mass is 10.0. The lowest BCUT2D eigenvalue weighted by Gasteiger charge is -2.33.